The molecule has 7 nitrogen and oxygen atoms in total. The number of rotatable bonds is 14. The molecule has 3 N–H and O–H groups in total. The number of aliphatic hydroxyl groups excluding tert-OH is 1. The fourth-order valence-corrected chi connectivity index (χ4v) is 6.14. The molecule has 10 heteroatoms. The highest BCUT2D eigenvalue weighted by Crippen LogP contribution is 2.33. The van der Waals surface area contributed by atoms with Gasteiger partial charge in [-0.05, 0) is 62.8 Å². The number of nitrogens with one attached hydrogen (secondary N) is 1. The SMILES string of the molecule is CN(C[C@H](O)CNC(C)(C)CCCc1ccccc1)S(=O)(=O)c1c(Cl)cc(CCC(=O)O)cc1Cl. The highest BCUT2D eigenvalue weighted by atomic mass is 35.5. The summed E-state index contributed by atoms with van der Waals surface area (Å²) in [6.07, 6.45) is 1.94. The zero-order valence-electron chi connectivity index (χ0n) is 20.3. The minimum absolute atomic E-state index is 0.0862. The van der Waals surface area contributed by atoms with Crippen LogP contribution in [0.15, 0.2) is 47.4 Å². The fraction of sp³-hybridized carbons (Fsp3) is 0.480. The first kappa shape index (κ1) is 29.5. The number of carboxylic acids is 1. The van der Waals surface area contributed by atoms with Crippen LogP contribution in [-0.4, -0.2) is 60.7 Å². The molecule has 0 radical (unpaired) electrons. The van der Waals surface area contributed by atoms with Gasteiger partial charge in [0.05, 0.1) is 16.1 Å². The Hall–Kier alpha value is -1.68. The third-order valence-corrected chi connectivity index (χ3v) is 8.49. The lowest BCUT2D eigenvalue weighted by atomic mass is 9.95. The van der Waals surface area contributed by atoms with E-state index in [-0.39, 0.29) is 46.4 Å². The monoisotopic (exact) mass is 544 g/mol. The number of β-amino-alcohol motifs (C(OH)–C–C–N with tert-alkyl or cyclic N) is 1. The van der Waals surface area contributed by atoms with Gasteiger partial charge in [0.25, 0.3) is 0 Å². The summed E-state index contributed by atoms with van der Waals surface area (Å²) in [6.45, 7) is 4.17. The van der Waals surface area contributed by atoms with Crippen molar-refractivity contribution < 1.29 is 23.4 Å². The van der Waals surface area contributed by atoms with E-state index in [1.807, 2.05) is 18.2 Å². The quantitative estimate of drug-likeness (QED) is 0.325. The summed E-state index contributed by atoms with van der Waals surface area (Å²) in [5.41, 5.74) is 1.58. The third kappa shape index (κ3) is 9.37. The van der Waals surface area contributed by atoms with Gasteiger partial charge in [0.15, 0.2) is 0 Å². The van der Waals surface area contributed by atoms with Crippen molar-refractivity contribution in [2.45, 2.75) is 62.5 Å². The predicted molar refractivity (Wildman–Crippen MR) is 140 cm³/mol. The summed E-state index contributed by atoms with van der Waals surface area (Å²) in [4.78, 5) is 10.5. The van der Waals surface area contributed by atoms with Crippen LogP contribution in [0.2, 0.25) is 10.0 Å². The van der Waals surface area contributed by atoms with E-state index in [0.717, 1.165) is 23.6 Å². The molecule has 0 bridgehead atoms. The molecule has 2 aromatic rings. The highest BCUT2D eigenvalue weighted by Gasteiger charge is 2.29. The first-order valence-electron chi connectivity index (χ1n) is 11.4. The molecule has 0 heterocycles. The molecule has 35 heavy (non-hydrogen) atoms. The van der Waals surface area contributed by atoms with Gasteiger partial charge in [-0.15, -0.1) is 0 Å². The maximum atomic E-state index is 13.1. The van der Waals surface area contributed by atoms with Gasteiger partial charge in [-0.3, -0.25) is 4.79 Å². The van der Waals surface area contributed by atoms with E-state index in [0.29, 0.717) is 5.56 Å². The molecule has 0 spiro atoms. The van der Waals surface area contributed by atoms with E-state index in [9.17, 15) is 18.3 Å². The van der Waals surface area contributed by atoms with Crippen LogP contribution in [0, 0.1) is 0 Å². The molecule has 0 aromatic heterocycles. The van der Waals surface area contributed by atoms with Crippen molar-refractivity contribution >= 4 is 39.2 Å². The predicted octanol–water partition coefficient (Wildman–Crippen LogP) is 4.38. The molecular formula is C25H34Cl2N2O5S. The third-order valence-electron chi connectivity index (χ3n) is 5.75. The molecule has 0 aliphatic rings. The average Bonchev–Trinajstić information content (AvgIpc) is 2.76. The smallest absolute Gasteiger partial charge is 0.303 e. The van der Waals surface area contributed by atoms with E-state index in [1.54, 1.807) is 0 Å². The maximum absolute atomic E-state index is 13.1. The molecule has 0 fully saturated rings. The molecule has 194 valence electrons. The summed E-state index contributed by atoms with van der Waals surface area (Å²) in [6, 6.07) is 13.1. The lowest BCUT2D eigenvalue weighted by Gasteiger charge is -2.29. The topological polar surface area (TPSA) is 107 Å². The first-order chi connectivity index (χ1) is 16.3. The number of halogens is 2. The second-order valence-corrected chi connectivity index (χ2v) is 12.1. The van der Waals surface area contributed by atoms with Gasteiger partial charge >= 0.3 is 5.97 Å². The molecule has 0 aliphatic heterocycles. The van der Waals surface area contributed by atoms with Crippen molar-refractivity contribution in [2.24, 2.45) is 0 Å². The van der Waals surface area contributed by atoms with Crippen molar-refractivity contribution in [1.29, 1.82) is 0 Å². The standard InChI is InChI=1S/C25H34Cl2N2O5S/c1-25(2,13-7-10-18-8-5-4-6-9-18)28-16-20(30)17-29(3)35(33,34)24-21(26)14-19(15-22(24)27)11-12-23(31)32/h4-6,8-9,14-15,20,28,30H,7,10-13,16-17H2,1-3H3,(H,31,32)/t20-/m1/s1. The summed E-state index contributed by atoms with van der Waals surface area (Å²) >= 11 is 12.4. The zero-order valence-corrected chi connectivity index (χ0v) is 22.6. The van der Waals surface area contributed by atoms with E-state index in [1.165, 1.54) is 24.7 Å². The molecular weight excluding hydrogens is 511 g/mol. The Balaban J connectivity index is 1.93. The minimum atomic E-state index is -4.08. The van der Waals surface area contributed by atoms with Crippen molar-refractivity contribution in [2.75, 3.05) is 20.1 Å². The lowest BCUT2D eigenvalue weighted by molar-refractivity contribution is -0.136. The summed E-state index contributed by atoms with van der Waals surface area (Å²) in [7, 11) is -2.72. The van der Waals surface area contributed by atoms with Crippen LogP contribution >= 0.6 is 23.2 Å². The van der Waals surface area contributed by atoms with Gasteiger partial charge in [-0.1, -0.05) is 53.5 Å². The molecule has 0 unspecified atom stereocenters. The maximum Gasteiger partial charge on any atom is 0.303 e. The van der Waals surface area contributed by atoms with Crippen molar-refractivity contribution in [3.05, 3.63) is 63.6 Å². The number of carboxylic acid groups (broad SMARTS) is 1. The van der Waals surface area contributed by atoms with Crippen LogP contribution in [0.1, 0.15) is 44.2 Å². The van der Waals surface area contributed by atoms with Gasteiger partial charge < -0.3 is 15.5 Å². The number of aliphatic hydroxyl groups is 1. The number of carbonyl (C=O) groups is 1. The zero-order chi connectivity index (χ0) is 26.2. The van der Waals surface area contributed by atoms with Crippen molar-refractivity contribution in [3.63, 3.8) is 0 Å². The van der Waals surface area contributed by atoms with Crippen LogP contribution in [0.3, 0.4) is 0 Å². The second kappa shape index (κ2) is 13.0. The number of hydrogen-bond donors (Lipinski definition) is 3. The van der Waals surface area contributed by atoms with Crippen LogP contribution in [0.5, 0.6) is 0 Å². The van der Waals surface area contributed by atoms with Gasteiger partial charge in [0.1, 0.15) is 4.90 Å². The van der Waals surface area contributed by atoms with Crippen molar-refractivity contribution in [1.82, 2.24) is 9.62 Å². The fourth-order valence-electron chi connectivity index (χ4n) is 3.73. The molecule has 0 amide bonds. The van der Waals surface area contributed by atoms with Gasteiger partial charge in [-0.2, -0.15) is 4.31 Å². The van der Waals surface area contributed by atoms with Crippen LogP contribution in [0.4, 0.5) is 0 Å². The molecule has 1 atom stereocenters. The summed E-state index contributed by atoms with van der Waals surface area (Å²) < 4.78 is 27.2. The van der Waals surface area contributed by atoms with Crippen LogP contribution in [-0.2, 0) is 27.7 Å². The Kier molecular flexibility index (Phi) is 11.0. The Labute approximate surface area is 218 Å². The molecule has 0 saturated heterocycles. The Morgan fingerprint density at radius 2 is 1.69 bits per heavy atom. The van der Waals surface area contributed by atoms with Crippen LogP contribution in [0.25, 0.3) is 0 Å². The molecule has 0 saturated carbocycles. The number of aryl methyl sites for hydroxylation is 2. The van der Waals surface area contributed by atoms with Gasteiger partial charge in [-0.25, -0.2) is 8.42 Å². The Morgan fingerprint density at radius 1 is 1.09 bits per heavy atom. The van der Waals surface area contributed by atoms with Gasteiger partial charge in [0, 0.05) is 32.1 Å². The number of benzene rings is 2. The van der Waals surface area contributed by atoms with E-state index in [4.69, 9.17) is 28.3 Å². The molecule has 2 aromatic carbocycles. The number of aliphatic carboxylic acids is 1. The first-order valence-corrected chi connectivity index (χ1v) is 13.6. The lowest BCUT2D eigenvalue weighted by Crippen LogP contribution is -2.46. The van der Waals surface area contributed by atoms with E-state index in [2.05, 4.69) is 31.3 Å². The highest BCUT2D eigenvalue weighted by molar-refractivity contribution is 7.89. The Bertz CT molecular complexity index is 1070. The Morgan fingerprint density at radius 3 is 2.26 bits per heavy atom. The van der Waals surface area contributed by atoms with E-state index < -0.39 is 22.1 Å². The number of sulfonamides is 1. The largest absolute Gasteiger partial charge is 0.481 e. The second-order valence-electron chi connectivity index (χ2n) is 9.33. The number of hydrogen-bond acceptors (Lipinski definition) is 5. The summed E-state index contributed by atoms with van der Waals surface area (Å²) in [5, 5.41) is 22.5. The number of likely N-dealkylation sites (N-methyl/N-ethyl adjacent to an activating group) is 1. The van der Waals surface area contributed by atoms with Crippen LogP contribution < -0.4 is 5.32 Å². The van der Waals surface area contributed by atoms with E-state index >= 15 is 0 Å². The molecule has 2 rings (SSSR count). The van der Waals surface area contributed by atoms with Gasteiger partial charge in [0.2, 0.25) is 10.0 Å². The van der Waals surface area contributed by atoms with Crippen molar-refractivity contribution in [3.8, 4) is 0 Å². The average molecular weight is 546 g/mol. The summed E-state index contributed by atoms with van der Waals surface area (Å²) in [5.74, 6) is -0.976. The molecule has 0 aliphatic carbocycles. The number of nitrogens with zero attached hydrogens (tertiary/aromatic N) is 1. The normalized spacial score (nSPS) is 13.2. The minimum Gasteiger partial charge on any atom is -0.481 e.